The zero-order chi connectivity index (χ0) is 32.2. The third-order valence-electron chi connectivity index (χ3n) is 8.69. The third kappa shape index (κ3) is 8.85. The van der Waals surface area contributed by atoms with Crippen molar-refractivity contribution in [3.63, 3.8) is 0 Å². The predicted octanol–water partition coefficient (Wildman–Crippen LogP) is 6.18. The number of carbonyl (C=O) groups excluding carboxylic acids is 2. The molecule has 9 heteroatoms. The lowest BCUT2D eigenvalue weighted by molar-refractivity contribution is -0.0563. The summed E-state index contributed by atoms with van der Waals surface area (Å²) in [5, 5.41) is 19.4. The molecule has 0 unspecified atom stereocenters. The van der Waals surface area contributed by atoms with Crippen molar-refractivity contribution < 1.29 is 24.2 Å². The maximum atomic E-state index is 13.7. The van der Waals surface area contributed by atoms with Gasteiger partial charge in [0, 0.05) is 61.9 Å². The Morgan fingerprint density at radius 3 is 2.56 bits per heavy atom. The van der Waals surface area contributed by atoms with Crippen molar-refractivity contribution in [2.45, 2.75) is 51.2 Å². The number of nitrogens with one attached hydrogen (secondary N) is 2. The number of amides is 2. The Balaban J connectivity index is 1.62. The first kappa shape index (κ1) is 34.4. The topological polar surface area (TPSA) is 100 Å². The molecule has 1 heterocycles. The number of alkyl carbamates (subject to hydrolysis) is 1. The number of aryl methyl sites for hydroxylation is 1. The van der Waals surface area contributed by atoms with Crippen LogP contribution in [-0.4, -0.2) is 69.0 Å². The number of halogens is 1. The standard InChI is InChI=1S/C36H46ClN3O5/c1-4-26-9-5-10-29(23-26)33-31(12-6-13-32(33)37)36(43,18-8-19-39-35(42)45-3)30-11-7-21-40(25-30)34(41)28-16-14-27(15-17-28)24-38-20-22-44-2/h5-6,9-10,12-17,23,30,38,43H,4,7-8,11,18-22,24-25H2,1-3H3,(H,39,42)/t30-,36+/m1/s1. The van der Waals surface area contributed by atoms with E-state index in [-0.39, 0.29) is 11.8 Å². The maximum Gasteiger partial charge on any atom is 0.406 e. The van der Waals surface area contributed by atoms with Crippen LogP contribution >= 0.6 is 11.6 Å². The molecule has 1 aliphatic heterocycles. The van der Waals surface area contributed by atoms with Gasteiger partial charge in [-0.15, -0.1) is 0 Å². The fourth-order valence-electron chi connectivity index (χ4n) is 6.21. The number of nitrogens with zero attached hydrogens (tertiary/aromatic N) is 1. The van der Waals surface area contributed by atoms with Gasteiger partial charge in [-0.3, -0.25) is 4.79 Å². The molecular formula is C36H46ClN3O5. The lowest BCUT2D eigenvalue weighted by atomic mass is 9.72. The van der Waals surface area contributed by atoms with Gasteiger partial charge in [-0.2, -0.15) is 0 Å². The van der Waals surface area contributed by atoms with Crippen LogP contribution in [0.4, 0.5) is 4.79 Å². The SMILES string of the molecule is CCc1cccc(-c2c(Cl)cccc2[C@](O)(CCCNC(=O)OC)[C@@H]2CCCN(C(=O)c3ccc(CNCCOC)cc3)C2)c1. The Labute approximate surface area is 272 Å². The van der Waals surface area contributed by atoms with Gasteiger partial charge >= 0.3 is 6.09 Å². The molecule has 0 bridgehead atoms. The van der Waals surface area contributed by atoms with Crippen LogP contribution in [0, 0.1) is 5.92 Å². The van der Waals surface area contributed by atoms with Crippen LogP contribution in [0.5, 0.6) is 0 Å². The van der Waals surface area contributed by atoms with Crippen LogP contribution in [0.1, 0.15) is 59.7 Å². The van der Waals surface area contributed by atoms with E-state index in [0.717, 1.165) is 48.1 Å². The molecule has 2 atom stereocenters. The first-order valence-electron chi connectivity index (χ1n) is 15.8. The summed E-state index contributed by atoms with van der Waals surface area (Å²) in [5.74, 6) is -0.292. The molecule has 1 saturated heterocycles. The van der Waals surface area contributed by atoms with Crippen LogP contribution in [-0.2, 0) is 28.0 Å². The van der Waals surface area contributed by atoms with Gasteiger partial charge in [-0.05, 0) is 72.6 Å². The Morgan fingerprint density at radius 2 is 1.82 bits per heavy atom. The van der Waals surface area contributed by atoms with Gasteiger partial charge in [-0.25, -0.2) is 4.79 Å². The largest absolute Gasteiger partial charge is 0.453 e. The number of benzene rings is 3. The maximum absolute atomic E-state index is 13.7. The van der Waals surface area contributed by atoms with E-state index in [1.165, 1.54) is 12.7 Å². The number of hydrogen-bond donors (Lipinski definition) is 3. The highest BCUT2D eigenvalue weighted by Gasteiger charge is 2.43. The highest BCUT2D eigenvalue weighted by molar-refractivity contribution is 6.33. The molecule has 242 valence electrons. The minimum Gasteiger partial charge on any atom is -0.453 e. The van der Waals surface area contributed by atoms with Crippen molar-refractivity contribution in [1.82, 2.24) is 15.5 Å². The summed E-state index contributed by atoms with van der Waals surface area (Å²) in [5.41, 5.74) is 4.08. The molecular weight excluding hydrogens is 590 g/mol. The van der Waals surface area contributed by atoms with Gasteiger partial charge in [0.25, 0.3) is 5.91 Å². The molecule has 0 aliphatic carbocycles. The van der Waals surface area contributed by atoms with E-state index < -0.39 is 11.7 Å². The molecule has 45 heavy (non-hydrogen) atoms. The minimum absolute atomic E-state index is 0.0461. The summed E-state index contributed by atoms with van der Waals surface area (Å²) in [6.07, 6.45) is 2.76. The van der Waals surface area contributed by atoms with Gasteiger partial charge in [0.2, 0.25) is 0 Å². The second-order valence-electron chi connectivity index (χ2n) is 11.6. The molecule has 3 aromatic rings. The van der Waals surface area contributed by atoms with Gasteiger partial charge < -0.3 is 30.1 Å². The van der Waals surface area contributed by atoms with Crippen molar-refractivity contribution in [2.75, 3.05) is 47.0 Å². The lowest BCUT2D eigenvalue weighted by Gasteiger charge is -2.44. The average molecular weight is 636 g/mol. The Hall–Kier alpha value is -3.43. The summed E-state index contributed by atoms with van der Waals surface area (Å²) in [4.78, 5) is 27.3. The number of methoxy groups -OCH3 is 2. The fraction of sp³-hybridized carbons (Fsp3) is 0.444. The fourth-order valence-corrected chi connectivity index (χ4v) is 6.49. The summed E-state index contributed by atoms with van der Waals surface area (Å²) in [6, 6.07) is 21.6. The van der Waals surface area contributed by atoms with Crippen LogP contribution in [0.3, 0.4) is 0 Å². The van der Waals surface area contributed by atoms with Crippen molar-refractivity contribution in [3.05, 3.63) is 94.0 Å². The van der Waals surface area contributed by atoms with E-state index >= 15 is 0 Å². The van der Waals surface area contributed by atoms with Crippen LogP contribution in [0.25, 0.3) is 11.1 Å². The molecule has 2 amide bonds. The third-order valence-corrected chi connectivity index (χ3v) is 9.01. The normalized spacial score (nSPS) is 16.2. The lowest BCUT2D eigenvalue weighted by Crippen LogP contribution is -2.48. The molecule has 1 fully saturated rings. The van der Waals surface area contributed by atoms with Crippen LogP contribution in [0.15, 0.2) is 66.7 Å². The van der Waals surface area contributed by atoms with Crippen molar-refractivity contribution >= 4 is 23.6 Å². The van der Waals surface area contributed by atoms with Crippen molar-refractivity contribution in [2.24, 2.45) is 5.92 Å². The number of likely N-dealkylation sites (tertiary alicyclic amines) is 1. The molecule has 3 aromatic carbocycles. The highest BCUT2D eigenvalue weighted by atomic mass is 35.5. The average Bonchev–Trinajstić information content (AvgIpc) is 3.08. The number of carbonyl (C=O) groups is 2. The molecule has 0 spiro atoms. The summed E-state index contributed by atoms with van der Waals surface area (Å²) in [6.45, 7) is 5.58. The smallest absolute Gasteiger partial charge is 0.406 e. The molecule has 0 radical (unpaired) electrons. The van der Waals surface area contributed by atoms with E-state index in [2.05, 4.69) is 29.7 Å². The molecule has 8 nitrogen and oxygen atoms in total. The Kier molecular flexibility index (Phi) is 12.8. The van der Waals surface area contributed by atoms with Gasteiger partial charge in [0.1, 0.15) is 0 Å². The molecule has 4 rings (SSSR count). The predicted molar refractivity (Wildman–Crippen MR) is 178 cm³/mol. The summed E-state index contributed by atoms with van der Waals surface area (Å²) >= 11 is 6.89. The molecule has 0 saturated carbocycles. The van der Waals surface area contributed by atoms with E-state index in [1.54, 1.807) is 7.11 Å². The second-order valence-corrected chi connectivity index (χ2v) is 12.0. The first-order valence-corrected chi connectivity index (χ1v) is 16.2. The summed E-state index contributed by atoms with van der Waals surface area (Å²) in [7, 11) is 3.01. The van der Waals surface area contributed by atoms with Gasteiger partial charge in [0.15, 0.2) is 0 Å². The molecule has 1 aliphatic rings. The van der Waals surface area contributed by atoms with E-state index in [0.29, 0.717) is 56.2 Å². The van der Waals surface area contributed by atoms with Crippen LogP contribution in [0.2, 0.25) is 5.02 Å². The first-order chi connectivity index (χ1) is 21.8. The van der Waals surface area contributed by atoms with Crippen molar-refractivity contribution in [3.8, 4) is 11.1 Å². The number of rotatable bonds is 14. The number of aliphatic hydroxyl groups is 1. The minimum atomic E-state index is -1.31. The van der Waals surface area contributed by atoms with E-state index in [9.17, 15) is 14.7 Å². The zero-order valence-corrected chi connectivity index (χ0v) is 27.4. The molecule has 3 N–H and O–H groups in total. The van der Waals surface area contributed by atoms with Gasteiger partial charge in [0.05, 0.1) is 19.3 Å². The van der Waals surface area contributed by atoms with Gasteiger partial charge in [-0.1, -0.05) is 67.1 Å². The Bertz CT molecular complexity index is 1420. The van der Waals surface area contributed by atoms with Crippen LogP contribution < -0.4 is 10.6 Å². The number of piperidine rings is 1. The zero-order valence-electron chi connectivity index (χ0n) is 26.6. The highest BCUT2D eigenvalue weighted by Crippen LogP contribution is 2.45. The summed E-state index contributed by atoms with van der Waals surface area (Å²) < 4.78 is 9.82. The number of ether oxygens (including phenoxy) is 2. The van der Waals surface area contributed by atoms with E-state index in [1.807, 2.05) is 59.5 Å². The second kappa shape index (κ2) is 16.8. The monoisotopic (exact) mass is 635 g/mol. The van der Waals surface area contributed by atoms with Crippen molar-refractivity contribution in [1.29, 1.82) is 0 Å². The number of hydrogen-bond acceptors (Lipinski definition) is 6. The molecule has 0 aromatic heterocycles. The quantitative estimate of drug-likeness (QED) is 0.183. The van der Waals surface area contributed by atoms with E-state index in [4.69, 9.17) is 21.1 Å². The Morgan fingerprint density at radius 1 is 1.04 bits per heavy atom.